The molecule has 0 aliphatic rings. The van der Waals surface area contributed by atoms with E-state index in [1.54, 1.807) is 24.3 Å². The maximum Gasteiger partial charge on any atom is 0.345 e. The van der Waals surface area contributed by atoms with Crippen molar-refractivity contribution in [3.8, 4) is 0 Å². The molecule has 0 fully saturated rings. The number of nitrogens with zero attached hydrogens (tertiary/aromatic N) is 1. The predicted octanol–water partition coefficient (Wildman–Crippen LogP) is 3.14. The minimum absolute atomic E-state index is 0.156. The summed E-state index contributed by atoms with van der Waals surface area (Å²) in [6, 6.07) is 9.37. The van der Waals surface area contributed by atoms with Gasteiger partial charge in [0.15, 0.2) is 6.61 Å². The average molecular weight is 279 g/mol. The van der Waals surface area contributed by atoms with Crippen LogP contribution in [0.25, 0.3) is 0 Å². The number of benzene rings is 1. The van der Waals surface area contributed by atoms with Crippen molar-refractivity contribution >= 4 is 23.5 Å². The van der Waals surface area contributed by atoms with Crippen LogP contribution in [0.2, 0.25) is 0 Å². The molecule has 6 heteroatoms. The van der Waals surface area contributed by atoms with E-state index in [0.717, 1.165) is 16.2 Å². The van der Waals surface area contributed by atoms with Gasteiger partial charge in [-0.25, -0.2) is 9.18 Å². The first kappa shape index (κ1) is 13.2. The summed E-state index contributed by atoms with van der Waals surface area (Å²) in [5.74, 6) is -1.34. The van der Waals surface area contributed by atoms with Crippen molar-refractivity contribution in [2.75, 3.05) is 0 Å². The van der Waals surface area contributed by atoms with Crippen LogP contribution in [-0.2, 0) is 11.4 Å². The van der Waals surface area contributed by atoms with Crippen LogP contribution in [0.5, 0.6) is 0 Å². The number of halogens is 1. The fraction of sp³-hybridized carbons (Fsp3) is 0.0769. The van der Waals surface area contributed by atoms with Gasteiger partial charge in [0.25, 0.3) is 0 Å². The fourth-order valence-corrected chi connectivity index (χ4v) is 2.10. The van der Waals surface area contributed by atoms with Crippen molar-refractivity contribution < 1.29 is 19.1 Å². The third-order valence-corrected chi connectivity index (χ3v) is 3.30. The van der Waals surface area contributed by atoms with Crippen LogP contribution in [0.3, 0.4) is 0 Å². The molecular weight excluding hydrogens is 269 g/mol. The SMILES string of the molecule is O=C(O)c1ccc(CO/N=C/c2ccccc2F)s1. The minimum atomic E-state index is -0.967. The highest BCUT2D eigenvalue weighted by Crippen LogP contribution is 2.17. The summed E-state index contributed by atoms with van der Waals surface area (Å²) in [5.41, 5.74) is 0.333. The second-order valence-corrected chi connectivity index (χ2v) is 4.77. The molecule has 0 aliphatic carbocycles. The Morgan fingerprint density at radius 3 is 2.84 bits per heavy atom. The lowest BCUT2D eigenvalue weighted by atomic mass is 10.2. The van der Waals surface area contributed by atoms with Crippen molar-refractivity contribution in [3.05, 3.63) is 57.5 Å². The molecule has 0 bridgehead atoms. The lowest BCUT2D eigenvalue weighted by molar-refractivity contribution is 0.0702. The summed E-state index contributed by atoms with van der Waals surface area (Å²) in [6.07, 6.45) is 1.28. The summed E-state index contributed by atoms with van der Waals surface area (Å²) >= 11 is 1.12. The van der Waals surface area contributed by atoms with Gasteiger partial charge in [-0.3, -0.25) is 0 Å². The van der Waals surface area contributed by atoms with E-state index < -0.39 is 5.97 Å². The summed E-state index contributed by atoms with van der Waals surface area (Å²) in [7, 11) is 0. The molecule has 0 spiro atoms. The lowest BCUT2D eigenvalue weighted by Gasteiger charge is -1.96. The Bertz CT molecular complexity index is 609. The van der Waals surface area contributed by atoms with E-state index in [4.69, 9.17) is 9.94 Å². The van der Waals surface area contributed by atoms with Crippen molar-refractivity contribution in [3.63, 3.8) is 0 Å². The monoisotopic (exact) mass is 279 g/mol. The van der Waals surface area contributed by atoms with Crippen LogP contribution in [-0.4, -0.2) is 17.3 Å². The Morgan fingerprint density at radius 1 is 1.37 bits per heavy atom. The number of oxime groups is 1. The molecule has 2 rings (SSSR count). The van der Waals surface area contributed by atoms with Crippen molar-refractivity contribution in [2.45, 2.75) is 6.61 Å². The second-order valence-electron chi connectivity index (χ2n) is 3.60. The van der Waals surface area contributed by atoms with E-state index in [1.165, 1.54) is 18.3 Å². The van der Waals surface area contributed by atoms with Crippen LogP contribution in [0.4, 0.5) is 4.39 Å². The predicted molar refractivity (Wildman–Crippen MR) is 70.1 cm³/mol. The first-order valence-electron chi connectivity index (χ1n) is 5.38. The number of aromatic carboxylic acids is 1. The number of carbonyl (C=O) groups is 1. The molecule has 2 aromatic rings. The number of carboxylic acid groups (broad SMARTS) is 1. The van der Waals surface area contributed by atoms with Crippen molar-refractivity contribution in [1.82, 2.24) is 0 Å². The van der Waals surface area contributed by atoms with E-state index >= 15 is 0 Å². The van der Waals surface area contributed by atoms with Crippen LogP contribution in [0, 0.1) is 5.82 Å². The maximum atomic E-state index is 13.2. The van der Waals surface area contributed by atoms with E-state index in [0.29, 0.717) is 5.56 Å². The van der Waals surface area contributed by atoms with Gasteiger partial charge in [-0.15, -0.1) is 11.3 Å². The molecule has 1 heterocycles. The number of rotatable bonds is 5. The molecular formula is C13H10FNO3S. The highest BCUT2D eigenvalue weighted by atomic mass is 32.1. The fourth-order valence-electron chi connectivity index (χ4n) is 1.35. The molecule has 0 atom stereocenters. The second kappa shape index (κ2) is 6.10. The molecule has 0 aliphatic heterocycles. The zero-order valence-corrected chi connectivity index (χ0v) is 10.6. The Morgan fingerprint density at radius 2 is 2.16 bits per heavy atom. The van der Waals surface area contributed by atoms with Crippen LogP contribution in [0.1, 0.15) is 20.1 Å². The van der Waals surface area contributed by atoms with Crippen LogP contribution >= 0.6 is 11.3 Å². The molecule has 1 N–H and O–H groups in total. The summed E-state index contributed by atoms with van der Waals surface area (Å²) in [5, 5.41) is 12.4. The topological polar surface area (TPSA) is 58.9 Å². The first-order chi connectivity index (χ1) is 9.16. The van der Waals surface area contributed by atoms with Gasteiger partial charge in [-0.2, -0.15) is 0 Å². The van der Waals surface area contributed by atoms with Gasteiger partial charge in [0.2, 0.25) is 0 Å². The Balaban J connectivity index is 1.89. The summed E-state index contributed by atoms with van der Waals surface area (Å²) < 4.78 is 13.2. The zero-order valence-electron chi connectivity index (χ0n) is 9.75. The van der Waals surface area contributed by atoms with Gasteiger partial charge in [-0.1, -0.05) is 23.4 Å². The van der Waals surface area contributed by atoms with E-state index in [2.05, 4.69) is 5.16 Å². The number of thiophene rings is 1. The van der Waals surface area contributed by atoms with Gasteiger partial charge >= 0.3 is 5.97 Å². The van der Waals surface area contributed by atoms with E-state index in [-0.39, 0.29) is 17.3 Å². The van der Waals surface area contributed by atoms with Gasteiger partial charge < -0.3 is 9.94 Å². The molecule has 0 radical (unpaired) electrons. The molecule has 1 aromatic heterocycles. The molecule has 19 heavy (non-hydrogen) atoms. The highest BCUT2D eigenvalue weighted by molar-refractivity contribution is 7.13. The van der Waals surface area contributed by atoms with E-state index in [9.17, 15) is 9.18 Å². The molecule has 0 saturated heterocycles. The highest BCUT2D eigenvalue weighted by Gasteiger charge is 2.06. The van der Waals surface area contributed by atoms with Gasteiger partial charge in [0.05, 0.1) is 6.21 Å². The minimum Gasteiger partial charge on any atom is -0.477 e. The maximum absolute atomic E-state index is 13.2. The number of carboxylic acids is 1. The molecule has 4 nitrogen and oxygen atoms in total. The zero-order chi connectivity index (χ0) is 13.7. The van der Waals surface area contributed by atoms with Crippen molar-refractivity contribution in [2.24, 2.45) is 5.16 Å². The third-order valence-electron chi connectivity index (χ3n) is 2.25. The Kier molecular flexibility index (Phi) is 4.25. The molecule has 98 valence electrons. The molecule has 0 amide bonds. The average Bonchev–Trinajstić information content (AvgIpc) is 2.85. The number of hydrogen-bond acceptors (Lipinski definition) is 4. The Hall–Kier alpha value is -2.21. The van der Waals surface area contributed by atoms with Gasteiger partial charge in [-0.05, 0) is 18.2 Å². The van der Waals surface area contributed by atoms with Crippen molar-refractivity contribution in [1.29, 1.82) is 0 Å². The Labute approximate surface area is 112 Å². The van der Waals surface area contributed by atoms with E-state index in [1.807, 2.05) is 0 Å². The third kappa shape index (κ3) is 3.62. The van der Waals surface area contributed by atoms with Gasteiger partial charge in [0, 0.05) is 10.4 Å². The normalized spacial score (nSPS) is 10.8. The quantitative estimate of drug-likeness (QED) is 0.675. The smallest absolute Gasteiger partial charge is 0.345 e. The first-order valence-corrected chi connectivity index (χ1v) is 6.20. The standard InChI is InChI=1S/C13H10FNO3S/c14-11-4-2-1-3-9(11)7-15-18-8-10-5-6-12(19-10)13(16)17/h1-7H,8H2,(H,16,17)/b15-7+. The summed E-state index contributed by atoms with van der Waals surface area (Å²) in [6.45, 7) is 0.156. The number of hydrogen-bond donors (Lipinski definition) is 1. The van der Waals surface area contributed by atoms with Crippen LogP contribution in [0.15, 0.2) is 41.6 Å². The molecule has 1 aromatic carbocycles. The molecule has 0 saturated carbocycles. The largest absolute Gasteiger partial charge is 0.477 e. The lowest BCUT2D eigenvalue weighted by Crippen LogP contribution is -1.90. The van der Waals surface area contributed by atoms with Gasteiger partial charge in [0.1, 0.15) is 10.7 Å². The summed E-state index contributed by atoms with van der Waals surface area (Å²) in [4.78, 5) is 16.6. The van der Waals surface area contributed by atoms with Crippen LogP contribution < -0.4 is 0 Å². The molecule has 0 unspecified atom stereocenters.